The fraction of sp³-hybridized carbons (Fsp3) is 0.542. The van der Waals surface area contributed by atoms with Gasteiger partial charge in [-0.15, -0.1) is 0 Å². The number of benzene rings is 2. The number of hydrogen-bond acceptors (Lipinski definition) is 11. The van der Waals surface area contributed by atoms with Crippen LogP contribution in [0.15, 0.2) is 73.4 Å². The number of amides is 2. The van der Waals surface area contributed by atoms with Crippen LogP contribution in [0.5, 0.6) is 23.0 Å². The van der Waals surface area contributed by atoms with Gasteiger partial charge in [-0.3, -0.25) is 19.2 Å². The summed E-state index contributed by atoms with van der Waals surface area (Å²) in [7, 11) is 6.50. The first-order chi connectivity index (χ1) is 29.0. The second kappa shape index (κ2) is 25.0. The van der Waals surface area contributed by atoms with Gasteiger partial charge in [0.05, 0.1) is 39.1 Å². The second-order valence-electron chi connectivity index (χ2n) is 17.7. The summed E-state index contributed by atoms with van der Waals surface area (Å²) >= 11 is 0. The van der Waals surface area contributed by atoms with Crippen molar-refractivity contribution in [3.8, 4) is 23.0 Å². The van der Waals surface area contributed by atoms with E-state index < -0.39 is 5.60 Å². The zero-order valence-electron chi connectivity index (χ0n) is 39.5. The highest BCUT2D eigenvalue weighted by molar-refractivity contribution is 6.59. The average Bonchev–Trinajstić information content (AvgIpc) is 3.20. The van der Waals surface area contributed by atoms with Crippen LogP contribution in [-0.2, 0) is 14.3 Å². The number of ketones is 2. The number of carbonyl (C=O) groups is 4. The van der Waals surface area contributed by atoms with Crippen molar-refractivity contribution in [3.05, 3.63) is 84.5 Å². The molecule has 13 nitrogen and oxygen atoms in total. The average molecular weight is 880 g/mol. The minimum Gasteiger partial charge on any atom is -0.509 e. The van der Waals surface area contributed by atoms with E-state index in [0.717, 1.165) is 0 Å². The molecule has 3 aliphatic heterocycles. The number of carbonyl (C=O) groups excluding carboxylic acids is 4. The molecular formula is C48H73N3O10Si. The van der Waals surface area contributed by atoms with Gasteiger partial charge >= 0.3 is 0 Å². The molecule has 2 aromatic carbocycles. The summed E-state index contributed by atoms with van der Waals surface area (Å²) in [5.41, 5.74) is 0.668. The molecule has 0 unspecified atom stereocenters. The van der Waals surface area contributed by atoms with E-state index in [1.54, 1.807) is 66.6 Å². The maximum Gasteiger partial charge on any atom is 0.254 e. The van der Waals surface area contributed by atoms with Gasteiger partial charge < -0.3 is 43.5 Å². The van der Waals surface area contributed by atoms with Crippen LogP contribution in [0, 0.1) is 0 Å². The number of methoxy groups -OCH3 is 2. The van der Waals surface area contributed by atoms with Crippen LogP contribution in [0.3, 0.4) is 0 Å². The van der Waals surface area contributed by atoms with Gasteiger partial charge in [-0.25, -0.2) is 0 Å². The predicted molar refractivity (Wildman–Crippen MR) is 249 cm³/mol. The molecule has 344 valence electrons. The highest BCUT2D eigenvalue weighted by atomic mass is 28.3. The van der Waals surface area contributed by atoms with E-state index in [-0.39, 0.29) is 50.1 Å². The highest BCUT2D eigenvalue weighted by Gasteiger charge is 2.40. The fourth-order valence-corrected chi connectivity index (χ4v) is 5.95. The first-order valence-electron chi connectivity index (χ1n) is 21.4. The Morgan fingerprint density at radius 2 is 1.26 bits per heavy atom. The Kier molecular flexibility index (Phi) is 21.3. The van der Waals surface area contributed by atoms with Crippen molar-refractivity contribution in [1.29, 1.82) is 0 Å². The molecule has 0 saturated carbocycles. The fourth-order valence-electron chi connectivity index (χ4n) is 5.95. The van der Waals surface area contributed by atoms with Gasteiger partial charge in [-0.05, 0) is 75.2 Å². The van der Waals surface area contributed by atoms with Gasteiger partial charge in [0, 0.05) is 98.2 Å². The van der Waals surface area contributed by atoms with E-state index in [1.807, 2.05) is 46.7 Å². The Morgan fingerprint density at radius 1 is 0.823 bits per heavy atom. The molecule has 2 saturated heterocycles. The molecule has 3 aliphatic rings. The van der Waals surface area contributed by atoms with Crippen molar-refractivity contribution in [2.45, 2.75) is 117 Å². The Bertz CT molecular complexity index is 1850. The summed E-state index contributed by atoms with van der Waals surface area (Å²) in [6, 6.07) is 10.4. The number of Topliss-reactive ketones (excluding diaryl/α,β-unsaturated/α-hetero) is 1. The number of likely N-dealkylation sites (tertiary alicyclic amines) is 2. The lowest BCUT2D eigenvalue weighted by atomic mass is 9.85. The molecule has 14 heteroatoms. The van der Waals surface area contributed by atoms with Crippen molar-refractivity contribution >= 4 is 32.2 Å². The van der Waals surface area contributed by atoms with E-state index in [4.69, 9.17) is 28.8 Å². The summed E-state index contributed by atoms with van der Waals surface area (Å²) in [6.07, 6.45) is 8.85. The maximum absolute atomic E-state index is 12.8. The number of rotatable bonds is 10. The lowest BCUT2D eigenvalue weighted by Crippen LogP contribution is -2.49. The zero-order valence-corrected chi connectivity index (χ0v) is 40.7. The van der Waals surface area contributed by atoms with Gasteiger partial charge in [-0.2, -0.15) is 0 Å². The number of aliphatic hydroxyl groups is 1. The molecular weight excluding hydrogens is 807 g/mol. The van der Waals surface area contributed by atoms with E-state index in [0.29, 0.717) is 97.4 Å². The topological polar surface area (TPSA) is 144 Å². The SMILES string of the molecule is C=C(O)/C=C/N(C)C.COc1cc(C(=O)N2CCC(=O)CC2)ccc1OC(C)C.COc1cc(C(=O)N2CCC3(CC2)CC(=O)C=CO3)ccc1OC(C)C.C[SiH](C)C(C)(C)C. The third-order valence-electron chi connectivity index (χ3n) is 10.5. The molecule has 0 aromatic heterocycles. The molecule has 1 N–H and O–H groups in total. The second-order valence-corrected chi connectivity index (χ2v) is 21.8. The van der Waals surface area contributed by atoms with Crippen LogP contribution in [0.2, 0.25) is 18.1 Å². The Hall–Kier alpha value is -5.24. The third-order valence-corrected chi connectivity index (χ3v) is 13.9. The van der Waals surface area contributed by atoms with Crippen LogP contribution in [-0.4, -0.2) is 124 Å². The highest BCUT2D eigenvalue weighted by Crippen LogP contribution is 2.35. The Balaban J connectivity index is 0.000000326. The monoisotopic (exact) mass is 880 g/mol. The van der Waals surface area contributed by atoms with Gasteiger partial charge in [-0.1, -0.05) is 40.4 Å². The number of ether oxygens (including phenoxy) is 5. The minimum absolute atomic E-state index is 0.0241. The summed E-state index contributed by atoms with van der Waals surface area (Å²) in [5.74, 6) is 2.60. The first kappa shape index (κ1) is 52.9. The van der Waals surface area contributed by atoms with Gasteiger partial charge in [0.15, 0.2) is 28.8 Å². The largest absolute Gasteiger partial charge is 0.509 e. The molecule has 62 heavy (non-hydrogen) atoms. The number of allylic oxidation sites excluding steroid dienone is 2. The van der Waals surface area contributed by atoms with Crippen molar-refractivity contribution in [1.82, 2.24) is 14.7 Å². The summed E-state index contributed by atoms with van der Waals surface area (Å²) in [5, 5.41) is 9.13. The van der Waals surface area contributed by atoms with Gasteiger partial charge in [0.1, 0.15) is 17.1 Å². The number of piperidine rings is 2. The molecule has 0 atom stereocenters. The Labute approximate surface area is 372 Å². The van der Waals surface area contributed by atoms with Crippen LogP contribution in [0.1, 0.15) is 101 Å². The van der Waals surface area contributed by atoms with Gasteiger partial charge in [0.25, 0.3) is 11.8 Å². The first-order valence-corrected chi connectivity index (χ1v) is 24.3. The molecule has 3 heterocycles. The molecule has 2 amide bonds. The number of aliphatic hydroxyl groups excluding tert-OH is 1. The maximum atomic E-state index is 12.8. The van der Waals surface area contributed by atoms with Crippen molar-refractivity contribution in [2.24, 2.45) is 0 Å². The summed E-state index contributed by atoms with van der Waals surface area (Å²) in [6.45, 7) is 24.9. The standard InChI is InChI=1S/C20H25NO5.C16H21NO4.C6H11NO.C6H16Si/c1-14(2)26-17-5-4-15(12-18(17)24-3)19(23)21-9-7-20(8-10-21)13-16(22)6-11-25-20;1-11(2)21-14-5-4-12(10-15(14)20-3)16(19)17-8-6-13(18)7-9-17;1-6(8)4-5-7(2)3;1-6(2,3)7(4)5/h4-6,11-12,14H,7-10,13H2,1-3H3;4-5,10-11H,6-9H2,1-3H3;4-5,8H,1H2,2-3H3;7H,1-5H3/b;;5-4+;. The molecule has 0 aliphatic carbocycles. The molecule has 0 radical (unpaired) electrons. The number of hydrogen-bond donors (Lipinski definition) is 1. The molecule has 2 aromatic rings. The quantitative estimate of drug-likeness (QED) is 0.139. The lowest BCUT2D eigenvalue weighted by Gasteiger charge is -2.41. The molecule has 0 bridgehead atoms. The normalized spacial score (nSPS) is 15.7. The molecule has 5 rings (SSSR count). The van der Waals surface area contributed by atoms with E-state index >= 15 is 0 Å². The zero-order chi connectivity index (χ0) is 46.8. The lowest BCUT2D eigenvalue weighted by molar-refractivity contribution is -0.125. The smallest absolute Gasteiger partial charge is 0.254 e. The summed E-state index contributed by atoms with van der Waals surface area (Å²) in [4.78, 5) is 53.5. The van der Waals surface area contributed by atoms with Crippen molar-refractivity contribution in [2.75, 3.05) is 54.5 Å². The van der Waals surface area contributed by atoms with Crippen molar-refractivity contribution in [3.63, 3.8) is 0 Å². The minimum atomic E-state index is -0.449. The van der Waals surface area contributed by atoms with Gasteiger partial charge in [0.2, 0.25) is 0 Å². The van der Waals surface area contributed by atoms with Crippen molar-refractivity contribution < 1.29 is 48.0 Å². The molecule has 2 fully saturated rings. The Morgan fingerprint density at radius 3 is 1.60 bits per heavy atom. The van der Waals surface area contributed by atoms with Crippen LogP contribution in [0.25, 0.3) is 0 Å². The van der Waals surface area contributed by atoms with E-state index in [2.05, 4.69) is 40.4 Å². The number of nitrogens with zero attached hydrogens (tertiary/aromatic N) is 3. The predicted octanol–water partition coefficient (Wildman–Crippen LogP) is 8.65. The molecule has 1 spiro atoms. The van der Waals surface area contributed by atoms with Crippen LogP contribution >= 0.6 is 0 Å². The third kappa shape index (κ3) is 18.0. The van der Waals surface area contributed by atoms with Crippen LogP contribution < -0.4 is 18.9 Å². The van der Waals surface area contributed by atoms with E-state index in [1.165, 1.54) is 18.4 Å². The van der Waals surface area contributed by atoms with E-state index in [9.17, 15) is 19.2 Å². The summed E-state index contributed by atoms with van der Waals surface area (Å²) < 4.78 is 27.7. The van der Waals surface area contributed by atoms with Crippen LogP contribution in [0.4, 0.5) is 0 Å².